The summed E-state index contributed by atoms with van der Waals surface area (Å²) < 4.78 is 4.51. The molecule has 0 radical (unpaired) electrons. The van der Waals surface area contributed by atoms with Crippen LogP contribution in [0.15, 0.2) is 24.3 Å². The maximum absolute atomic E-state index is 11.0. The van der Waals surface area contributed by atoms with Crippen molar-refractivity contribution in [3.8, 4) is 6.07 Å². The van der Waals surface area contributed by atoms with E-state index in [1.54, 1.807) is 24.3 Å². The van der Waals surface area contributed by atoms with Gasteiger partial charge in [0.15, 0.2) is 0 Å². The van der Waals surface area contributed by atoms with Gasteiger partial charge in [0.1, 0.15) is 5.38 Å². The molecule has 0 aromatic heterocycles. The van der Waals surface area contributed by atoms with Crippen LogP contribution in [0.4, 0.5) is 0 Å². The van der Waals surface area contributed by atoms with Crippen molar-refractivity contribution in [1.82, 2.24) is 0 Å². The number of carbonyl (C=O) groups is 1. The Balaban J connectivity index is 2.66. The molecule has 0 saturated carbocycles. The Morgan fingerprint density at radius 2 is 2.13 bits per heavy atom. The van der Waals surface area contributed by atoms with E-state index in [0.717, 1.165) is 5.56 Å². The smallest absolute Gasteiger partial charge is 0.324 e. The van der Waals surface area contributed by atoms with E-state index in [4.69, 9.17) is 16.9 Å². The number of hydrogen-bond acceptors (Lipinski definition) is 3. The Bertz CT molecular complexity index is 381. The monoisotopic (exact) mass is 223 g/mol. The second kappa shape index (κ2) is 5.38. The summed E-state index contributed by atoms with van der Waals surface area (Å²) in [6.45, 7) is 0. The highest BCUT2D eigenvalue weighted by molar-refractivity contribution is 6.30. The van der Waals surface area contributed by atoms with Crippen LogP contribution in [0.1, 0.15) is 11.1 Å². The molecule has 0 spiro atoms. The van der Waals surface area contributed by atoms with Gasteiger partial charge in [0.05, 0.1) is 18.7 Å². The van der Waals surface area contributed by atoms with Gasteiger partial charge in [-0.15, -0.1) is 11.6 Å². The Labute approximate surface area is 93.2 Å². The van der Waals surface area contributed by atoms with E-state index in [2.05, 4.69) is 4.74 Å². The third kappa shape index (κ3) is 3.26. The number of alkyl halides is 1. The van der Waals surface area contributed by atoms with Gasteiger partial charge >= 0.3 is 5.97 Å². The maximum Gasteiger partial charge on any atom is 0.324 e. The van der Waals surface area contributed by atoms with Gasteiger partial charge in [-0.1, -0.05) is 12.1 Å². The lowest BCUT2D eigenvalue weighted by Crippen LogP contribution is -2.18. The molecule has 0 saturated heterocycles. The molecule has 3 nitrogen and oxygen atoms in total. The fraction of sp³-hybridized carbons (Fsp3) is 0.273. The van der Waals surface area contributed by atoms with E-state index in [9.17, 15) is 4.79 Å². The average Bonchev–Trinajstić information content (AvgIpc) is 2.29. The highest BCUT2D eigenvalue weighted by Crippen LogP contribution is 2.10. The topological polar surface area (TPSA) is 50.1 Å². The molecule has 0 amide bonds. The minimum Gasteiger partial charge on any atom is -0.468 e. The number of esters is 1. The van der Waals surface area contributed by atoms with Gasteiger partial charge in [-0.3, -0.25) is 4.79 Å². The predicted molar refractivity (Wildman–Crippen MR) is 56.5 cm³/mol. The van der Waals surface area contributed by atoms with Crippen molar-refractivity contribution in [2.24, 2.45) is 0 Å². The Kier molecular flexibility index (Phi) is 4.14. The van der Waals surface area contributed by atoms with Gasteiger partial charge in [-0.05, 0) is 24.1 Å². The van der Waals surface area contributed by atoms with Crippen molar-refractivity contribution < 1.29 is 9.53 Å². The summed E-state index contributed by atoms with van der Waals surface area (Å²) in [5, 5.41) is 7.91. The van der Waals surface area contributed by atoms with Crippen LogP contribution in [-0.4, -0.2) is 18.5 Å². The molecule has 1 rings (SSSR count). The van der Waals surface area contributed by atoms with Crippen LogP contribution in [0, 0.1) is 11.3 Å². The van der Waals surface area contributed by atoms with Crippen molar-refractivity contribution in [3.63, 3.8) is 0 Å². The molecule has 0 aliphatic heterocycles. The van der Waals surface area contributed by atoms with E-state index >= 15 is 0 Å². The highest BCUT2D eigenvalue weighted by Gasteiger charge is 2.15. The molecule has 0 aliphatic carbocycles. The number of ether oxygens (including phenoxy) is 1. The maximum atomic E-state index is 11.0. The van der Waals surface area contributed by atoms with Crippen molar-refractivity contribution in [1.29, 1.82) is 5.26 Å². The van der Waals surface area contributed by atoms with E-state index in [1.807, 2.05) is 6.07 Å². The summed E-state index contributed by atoms with van der Waals surface area (Å²) in [6.07, 6.45) is 0.403. The Morgan fingerprint density at radius 3 is 2.60 bits per heavy atom. The summed E-state index contributed by atoms with van der Waals surface area (Å²) in [4.78, 5) is 11.0. The molecule has 0 bridgehead atoms. The predicted octanol–water partition coefficient (Wildman–Crippen LogP) is 1.88. The molecular formula is C11H10ClNO2. The number of halogens is 1. The van der Waals surface area contributed by atoms with Crippen LogP contribution in [0.5, 0.6) is 0 Å². The standard InChI is InChI=1S/C11H10ClNO2/c1-15-11(14)10(12)6-8-2-4-9(7-13)5-3-8/h2-5,10H,6H2,1H3/t10-/m0/s1. The van der Waals surface area contributed by atoms with Crippen LogP contribution in [-0.2, 0) is 16.0 Å². The van der Waals surface area contributed by atoms with Gasteiger partial charge in [-0.2, -0.15) is 5.26 Å². The van der Waals surface area contributed by atoms with Gasteiger partial charge in [0, 0.05) is 0 Å². The molecule has 1 aromatic rings. The zero-order valence-corrected chi connectivity index (χ0v) is 8.99. The first kappa shape index (κ1) is 11.5. The number of benzene rings is 1. The first-order valence-electron chi connectivity index (χ1n) is 4.38. The summed E-state index contributed by atoms with van der Waals surface area (Å²) in [5.74, 6) is -0.443. The SMILES string of the molecule is COC(=O)[C@@H](Cl)Cc1ccc(C#N)cc1. The lowest BCUT2D eigenvalue weighted by atomic mass is 10.1. The third-order valence-electron chi connectivity index (χ3n) is 1.95. The minimum atomic E-state index is -0.678. The minimum absolute atomic E-state index is 0.403. The quantitative estimate of drug-likeness (QED) is 0.581. The van der Waals surface area contributed by atoms with E-state index in [0.29, 0.717) is 12.0 Å². The van der Waals surface area contributed by atoms with E-state index in [-0.39, 0.29) is 0 Å². The summed E-state index contributed by atoms with van der Waals surface area (Å²) in [5.41, 5.74) is 1.49. The lowest BCUT2D eigenvalue weighted by molar-refractivity contribution is -0.140. The third-order valence-corrected chi connectivity index (χ3v) is 2.29. The highest BCUT2D eigenvalue weighted by atomic mass is 35.5. The second-order valence-corrected chi connectivity index (χ2v) is 3.53. The molecule has 15 heavy (non-hydrogen) atoms. The molecular weight excluding hydrogens is 214 g/mol. The number of hydrogen-bond donors (Lipinski definition) is 0. The summed E-state index contributed by atoms with van der Waals surface area (Å²) in [6, 6.07) is 8.95. The Morgan fingerprint density at radius 1 is 1.53 bits per heavy atom. The zero-order chi connectivity index (χ0) is 11.3. The fourth-order valence-corrected chi connectivity index (χ4v) is 1.40. The largest absolute Gasteiger partial charge is 0.468 e. The van der Waals surface area contributed by atoms with Gasteiger partial charge in [-0.25, -0.2) is 0 Å². The molecule has 78 valence electrons. The summed E-state index contributed by atoms with van der Waals surface area (Å²) in [7, 11) is 1.30. The fourth-order valence-electron chi connectivity index (χ4n) is 1.13. The Hall–Kier alpha value is -1.53. The number of nitrogens with zero attached hydrogens (tertiary/aromatic N) is 1. The van der Waals surface area contributed by atoms with Gasteiger partial charge < -0.3 is 4.74 Å². The molecule has 1 aromatic carbocycles. The lowest BCUT2D eigenvalue weighted by Gasteiger charge is -2.06. The number of rotatable bonds is 3. The van der Waals surface area contributed by atoms with E-state index < -0.39 is 11.3 Å². The van der Waals surface area contributed by atoms with Crippen LogP contribution in [0.2, 0.25) is 0 Å². The first-order valence-corrected chi connectivity index (χ1v) is 4.82. The van der Waals surface area contributed by atoms with Crippen LogP contribution in [0.3, 0.4) is 0 Å². The van der Waals surface area contributed by atoms with Crippen LogP contribution in [0.25, 0.3) is 0 Å². The number of methoxy groups -OCH3 is 1. The van der Waals surface area contributed by atoms with Crippen molar-refractivity contribution in [3.05, 3.63) is 35.4 Å². The number of nitriles is 1. The second-order valence-electron chi connectivity index (χ2n) is 3.00. The molecule has 4 heteroatoms. The molecule has 1 atom stereocenters. The van der Waals surface area contributed by atoms with Crippen molar-refractivity contribution in [2.75, 3.05) is 7.11 Å². The molecule has 0 N–H and O–H groups in total. The molecule has 0 fully saturated rings. The molecule has 0 heterocycles. The normalized spacial score (nSPS) is 11.5. The van der Waals surface area contributed by atoms with Crippen molar-refractivity contribution >= 4 is 17.6 Å². The molecule has 0 unspecified atom stereocenters. The zero-order valence-electron chi connectivity index (χ0n) is 8.24. The van der Waals surface area contributed by atoms with Crippen molar-refractivity contribution in [2.45, 2.75) is 11.8 Å². The van der Waals surface area contributed by atoms with E-state index in [1.165, 1.54) is 7.11 Å². The average molecular weight is 224 g/mol. The van der Waals surface area contributed by atoms with Gasteiger partial charge in [0.2, 0.25) is 0 Å². The van der Waals surface area contributed by atoms with Gasteiger partial charge in [0.25, 0.3) is 0 Å². The van der Waals surface area contributed by atoms with Crippen LogP contribution < -0.4 is 0 Å². The first-order chi connectivity index (χ1) is 7.17. The molecule has 0 aliphatic rings. The number of carbonyl (C=O) groups excluding carboxylic acids is 1. The summed E-state index contributed by atoms with van der Waals surface area (Å²) >= 11 is 5.80. The van der Waals surface area contributed by atoms with Crippen LogP contribution >= 0.6 is 11.6 Å².